The zero-order valence-electron chi connectivity index (χ0n) is 10.7. The summed E-state index contributed by atoms with van der Waals surface area (Å²) in [6, 6.07) is 8.16. The monoisotopic (exact) mass is 307 g/mol. The Labute approximate surface area is 116 Å². The van der Waals surface area contributed by atoms with E-state index in [0.29, 0.717) is 11.7 Å². The second-order valence-electron chi connectivity index (χ2n) is 4.60. The predicted molar refractivity (Wildman–Crippen MR) is 79.5 cm³/mol. The molecule has 18 heavy (non-hydrogen) atoms. The fourth-order valence-electron chi connectivity index (χ4n) is 2.25. The minimum atomic E-state index is 0.439. The predicted octanol–water partition coefficient (Wildman–Crippen LogP) is 4.33. The van der Waals surface area contributed by atoms with Crippen molar-refractivity contribution in [2.75, 3.05) is 5.73 Å². The van der Waals surface area contributed by atoms with Crippen molar-refractivity contribution < 1.29 is 0 Å². The van der Waals surface area contributed by atoms with Crippen LogP contribution in [0.15, 0.2) is 28.7 Å². The third kappa shape index (κ3) is 2.58. The van der Waals surface area contributed by atoms with Gasteiger partial charge in [0.05, 0.1) is 0 Å². The molecule has 0 aliphatic carbocycles. The van der Waals surface area contributed by atoms with Crippen molar-refractivity contribution in [2.45, 2.75) is 32.6 Å². The van der Waals surface area contributed by atoms with Crippen molar-refractivity contribution >= 4 is 21.7 Å². The van der Waals surface area contributed by atoms with Crippen molar-refractivity contribution in [1.82, 2.24) is 10.2 Å². The van der Waals surface area contributed by atoms with Gasteiger partial charge in [-0.3, -0.25) is 5.10 Å². The second-order valence-corrected chi connectivity index (χ2v) is 5.51. The third-order valence-electron chi connectivity index (χ3n) is 3.15. The number of hydrogen-bond acceptors (Lipinski definition) is 2. The van der Waals surface area contributed by atoms with Crippen LogP contribution in [-0.4, -0.2) is 10.2 Å². The Morgan fingerprint density at radius 2 is 2.22 bits per heavy atom. The summed E-state index contributed by atoms with van der Waals surface area (Å²) in [4.78, 5) is 0. The highest BCUT2D eigenvalue weighted by Crippen LogP contribution is 2.34. The van der Waals surface area contributed by atoms with Crippen LogP contribution in [0.5, 0.6) is 0 Å². The Morgan fingerprint density at radius 1 is 1.44 bits per heavy atom. The topological polar surface area (TPSA) is 54.7 Å². The van der Waals surface area contributed by atoms with Crippen LogP contribution >= 0.6 is 15.9 Å². The van der Waals surface area contributed by atoms with E-state index in [4.69, 9.17) is 5.73 Å². The Bertz CT molecular complexity index is 534. The smallest absolute Gasteiger partial charge is 0.153 e. The Hall–Kier alpha value is -1.29. The summed E-state index contributed by atoms with van der Waals surface area (Å²) in [7, 11) is 0. The molecule has 0 aliphatic heterocycles. The summed E-state index contributed by atoms with van der Waals surface area (Å²) in [6.45, 7) is 4.40. The molecule has 0 bridgehead atoms. The van der Waals surface area contributed by atoms with Gasteiger partial charge in [-0.1, -0.05) is 48.3 Å². The highest BCUT2D eigenvalue weighted by Gasteiger charge is 2.17. The minimum absolute atomic E-state index is 0.439. The average Bonchev–Trinajstić information content (AvgIpc) is 2.71. The molecule has 2 aromatic rings. The third-order valence-corrected chi connectivity index (χ3v) is 3.64. The molecular formula is C14H18BrN3. The molecule has 96 valence electrons. The van der Waals surface area contributed by atoms with E-state index in [1.54, 1.807) is 0 Å². The molecular weight excluding hydrogens is 290 g/mol. The van der Waals surface area contributed by atoms with E-state index in [0.717, 1.165) is 34.1 Å². The molecule has 1 heterocycles. The van der Waals surface area contributed by atoms with Gasteiger partial charge in [-0.05, 0) is 30.0 Å². The number of nitrogen functional groups attached to an aromatic ring is 1. The number of nitrogens with zero attached hydrogens (tertiary/aromatic N) is 1. The molecule has 0 aliphatic rings. The van der Waals surface area contributed by atoms with E-state index in [2.05, 4.69) is 52.1 Å². The van der Waals surface area contributed by atoms with Gasteiger partial charge in [0.15, 0.2) is 5.82 Å². The van der Waals surface area contributed by atoms with E-state index < -0.39 is 0 Å². The van der Waals surface area contributed by atoms with Crippen molar-refractivity contribution in [3.05, 3.63) is 34.4 Å². The maximum absolute atomic E-state index is 6.00. The molecule has 0 radical (unpaired) electrons. The highest BCUT2D eigenvalue weighted by molar-refractivity contribution is 9.10. The van der Waals surface area contributed by atoms with Crippen LogP contribution in [0.3, 0.4) is 0 Å². The van der Waals surface area contributed by atoms with Crippen LogP contribution in [0.2, 0.25) is 0 Å². The molecule has 3 nitrogen and oxygen atoms in total. The number of aromatic amines is 1. The van der Waals surface area contributed by atoms with Gasteiger partial charge in [0.2, 0.25) is 0 Å². The molecule has 0 saturated carbocycles. The molecule has 1 aromatic heterocycles. The molecule has 3 N–H and O–H groups in total. The van der Waals surface area contributed by atoms with Crippen LogP contribution in [0.1, 0.15) is 38.3 Å². The fourth-order valence-corrected chi connectivity index (χ4v) is 2.65. The molecule has 4 heteroatoms. The molecule has 1 aromatic carbocycles. The number of aromatic nitrogens is 2. The Balaban J connectivity index is 2.47. The lowest BCUT2D eigenvalue weighted by Crippen LogP contribution is -1.97. The number of rotatable bonds is 4. The van der Waals surface area contributed by atoms with Crippen LogP contribution < -0.4 is 5.73 Å². The zero-order chi connectivity index (χ0) is 13.1. The first kappa shape index (κ1) is 13.1. The van der Waals surface area contributed by atoms with E-state index >= 15 is 0 Å². The molecule has 1 unspecified atom stereocenters. The summed E-state index contributed by atoms with van der Waals surface area (Å²) in [5, 5.41) is 7.25. The van der Waals surface area contributed by atoms with E-state index in [1.807, 2.05) is 12.1 Å². The second kappa shape index (κ2) is 5.57. The molecule has 1 atom stereocenters. The summed E-state index contributed by atoms with van der Waals surface area (Å²) < 4.78 is 1.05. The lowest BCUT2D eigenvalue weighted by molar-refractivity contribution is 0.646. The van der Waals surface area contributed by atoms with Crippen molar-refractivity contribution in [3.63, 3.8) is 0 Å². The minimum Gasteiger partial charge on any atom is -0.382 e. The quantitative estimate of drug-likeness (QED) is 0.883. The van der Waals surface area contributed by atoms with Gasteiger partial charge in [-0.2, -0.15) is 5.10 Å². The van der Waals surface area contributed by atoms with Gasteiger partial charge >= 0.3 is 0 Å². The van der Waals surface area contributed by atoms with Crippen molar-refractivity contribution in [2.24, 2.45) is 0 Å². The van der Waals surface area contributed by atoms with E-state index in [9.17, 15) is 0 Å². The normalized spacial score (nSPS) is 12.6. The first-order valence-corrected chi connectivity index (χ1v) is 7.02. The van der Waals surface area contributed by atoms with Gasteiger partial charge in [0.25, 0.3) is 0 Å². The SMILES string of the molecule is CCCC(C)c1[nH]nc(N)c1-c1cccc(Br)c1. The van der Waals surface area contributed by atoms with E-state index in [1.165, 1.54) is 0 Å². The van der Waals surface area contributed by atoms with E-state index in [-0.39, 0.29) is 0 Å². The maximum Gasteiger partial charge on any atom is 0.153 e. The number of nitrogens with two attached hydrogens (primary N) is 1. The van der Waals surface area contributed by atoms with Gasteiger partial charge in [0, 0.05) is 15.7 Å². The number of H-pyrrole nitrogens is 1. The number of nitrogens with one attached hydrogen (secondary N) is 1. The largest absolute Gasteiger partial charge is 0.382 e. The van der Waals surface area contributed by atoms with Crippen molar-refractivity contribution in [3.8, 4) is 11.1 Å². The molecule has 2 rings (SSSR count). The molecule has 0 amide bonds. The molecule has 0 spiro atoms. The lowest BCUT2D eigenvalue weighted by atomic mass is 9.95. The summed E-state index contributed by atoms with van der Waals surface area (Å²) in [5.41, 5.74) is 9.28. The van der Waals surface area contributed by atoms with Gasteiger partial charge in [-0.15, -0.1) is 0 Å². The first-order chi connectivity index (χ1) is 8.63. The van der Waals surface area contributed by atoms with Crippen LogP contribution in [0.4, 0.5) is 5.82 Å². The van der Waals surface area contributed by atoms with Gasteiger partial charge in [-0.25, -0.2) is 0 Å². The highest BCUT2D eigenvalue weighted by atomic mass is 79.9. The zero-order valence-corrected chi connectivity index (χ0v) is 12.3. The Kier molecular flexibility index (Phi) is 4.07. The number of hydrogen-bond donors (Lipinski definition) is 2. The summed E-state index contributed by atoms with van der Waals surface area (Å²) in [6.07, 6.45) is 2.28. The average molecular weight is 308 g/mol. The maximum atomic E-state index is 6.00. The summed E-state index contributed by atoms with van der Waals surface area (Å²) in [5.74, 6) is 1.01. The van der Waals surface area contributed by atoms with Gasteiger partial charge in [0.1, 0.15) is 0 Å². The standard InChI is InChI=1S/C14H18BrN3/c1-3-5-9(2)13-12(14(16)18-17-13)10-6-4-7-11(15)8-10/h4,6-9H,3,5H2,1-2H3,(H3,16,17,18). The molecule has 0 saturated heterocycles. The van der Waals surface area contributed by atoms with Crippen molar-refractivity contribution in [1.29, 1.82) is 0 Å². The van der Waals surface area contributed by atoms with Crippen LogP contribution in [0, 0.1) is 0 Å². The Morgan fingerprint density at radius 3 is 2.89 bits per heavy atom. The van der Waals surface area contributed by atoms with Gasteiger partial charge < -0.3 is 5.73 Å². The fraction of sp³-hybridized carbons (Fsp3) is 0.357. The summed E-state index contributed by atoms with van der Waals surface area (Å²) >= 11 is 3.49. The van der Waals surface area contributed by atoms with Crippen LogP contribution in [0.25, 0.3) is 11.1 Å². The molecule has 0 fully saturated rings. The van der Waals surface area contributed by atoms with Crippen LogP contribution in [-0.2, 0) is 0 Å². The number of benzene rings is 1. The lowest BCUT2D eigenvalue weighted by Gasteiger charge is -2.11. The number of anilines is 1. The first-order valence-electron chi connectivity index (χ1n) is 6.23. The number of halogens is 1.